The van der Waals surface area contributed by atoms with Gasteiger partial charge in [0.05, 0.1) is 11.1 Å². The van der Waals surface area contributed by atoms with Crippen LogP contribution in [0.4, 0.5) is 31.1 Å². The Balaban J connectivity index is 2.22. The molecule has 2 aromatic rings. The van der Waals surface area contributed by atoms with E-state index in [1.165, 1.54) is 12.1 Å². The van der Waals surface area contributed by atoms with Gasteiger partial charge in [-0.3, -0.25) is 0 Å². The molecule has 0 amide bonds. The van der Waals surface area contributed by atoms with E-state index >= 15 is 0 Å². The number of benzene rings is 2. The number of para-hydroxylation sites is 2. The normalized spacial score (nSPS) is 11.9. The lowest BCUT2D eigenvalue weighted by Gasteiger charge is -2.14. The molecule has 0 heterocycles. The summed E-state index contributed by atoms with van der Waals surface area (Å²) in [5.41, 5.74) is -2.52. The third kappa shape index (κ3) is 4.18. The van der Waals surface area contributed by atoms with Crippen LogP contribution in [0.5, 0.6) is 11.5 Å². The van der Waals surface area contributed by atoms with E-state index in [9.17, 15) is 31.1 Å². The van der Waals surface area contributed by atoms with E-state index in [0.29, 0.717) is 12.1 Å². The minimum atomic E-state index is -4.80. The molecule has 0 fully saturated rings. The van der Waals surface area contributed by atoms with Gasteiger partial charge in [-0.1, -0.05) is 24.3 Å². The Morgan fingerprint density at radius 2 is 1.00 bits per heavy atom. The summed E-state index contributed by atoms with van der Waals surface area (Å²) in [4.78, 5) is 11.6. The summed E-state index contributed by atoms with van der Waals surface area (Å²) in [5, 5.41) is 0. The van der Waals surface area contributed by atoms with Crippen molar-refractivity contribution in [1.29, 1.82) is 0 Å². The van der Waals surface area contributed by atoms with Gasteiger partial charge < -0.3 is 9.47 Å². The van der Waals surface area contributed by atoms with Gasteiger partial charge in [-0.2, -0.15) is 26.3 Å². The van der Waals surface area contributed by atoms with Gasteiger partial charge in [-0.15, -0.1) is 0 Å². The predicted octanol–water partition coefficient (Wildman–Crippen LogP) is 5.30. The van der Waals surface area contributed by atoms with Crippen molar-refractivity contribution in [2.45, 2.75) is 12.4 Å². The fourth-order valence-corrected chi connectivity index (χ4v) is 1.78. The number of hydrogen-bond donors (Lipinski definition) is 0. The number of halogens is 6. The van der Waals surface area contributed by atoms with Crippen LogP contribution in [0.15, 0.2) is 48.5 Å². The number of carbonyl (C=O) groups excluding carboxylic acids is 1. The zero-order valence-electron chi connectivity index (χ0n) is 11.6. The summed E-state index contributed by atoms with van der Waals surface area (Å²) >= 11 is 0. The highest BCUT2D eigenvalue weighted by Crippen LogP contribution is 2.37. The predicted molar refractivity (Wildman–Crippen MR) is 69.5 cm³/mol. The summed E-state index contributed by atoms with van der Waals surface area (Å²) in [7, 11) is 0. The van der Waals surface area contributed by atoms with Gasteiger partial charge in [0.25, 0.3) is 0 Å². The van der Waals surface area contributed by atoms with Gasteiger partial charge in [-0.25, -0.2) is 4.79 Å². The zero-order chi connectivity index (χ0) is 18.0. The summed E-state index contributed by atoms with van der Waals surface area (Å²) in [5.74, 6) is -1.75. The smallest absolute Gasteiger partial charge is 0.394 e. The quantitative estimate of drug-likeness (QED) is 0.419. The van der Waals surface area contributed by atoms with E-state index < -0.39 is 41.1 Å². The van der Waals surface area contributed by atoms with Crippen molar-refractivity contribution in [1.82, 2.24) is 0 Å². The maximum atomic E-state index is 12.8. The molecule has 24 heavy (non-hydrogen) atoms. The molecule has 2 aromatic carbocycles. The second kappa shape index (κ2) is 6.42. The largest absolute Gasteiger partial charge is 0.519 e. The van der Waals surface area contributed by atoms with Crippen LogP contribution in [0, 0.1) is 0 Å². The molecule has 0 unspecified atom stereocenters. The molecule has 0 bridgehead atoms. The first-order chi connectivity index (χ1) is 11.1. The van der Waals surface area contributed by atoms with Crippen molar-refractivity contribution < 1.29 is 40.6 Å². The van der Waals surface area contributed by atoms with Gasteiger partial charge in [0, 0.05) is 0 Å². The highest BCUT2D eigenvalue weighted by molar-refractivity contribution is 5.68. The number of rotatable bonds is 2. The average Bonchev–Trinajstić information content (AvgIpc) is 2.46. The highest BCUT2D eigenvalue weighted by atomic mass is 19.4. The second-order valence-corrected chi connectivity index (χ2v) is 4.44. The number of carbonyl (C=O) groups is 1. The minimum absolute atomic E-state index is 0.659. The molecule has 9 heteroatoms. The van der Waals surface area contributed by atoms with Crippen LogP contribution in [-0.4, -0.2) is 6.16 Å². The molecule has 0 aliphatic carbocycles. The first kappa shape index (κ1) is 17.6. The van der Waals surface area contributed by atoms with Gasteiger partial charge in [-0.05, 0) is 24.3 Å². The lowest BCUT2D eigenvalue weighted by atomic mass is 10.2. The molecule has 3 nitrogen and oxygen atoms in total. The van der Waals surface area contributed by atoms with Crippen LogP contribution in [-0.2, 0) is 12.4 Å². The van der Waals surface area contributed by atoms with E-state index in [1.54, 1.807) is 0 Å². The molecule has 0 N–H and O–H groups in total. The fraction of sp³-hybridized carbons (Fsp3) is 0.133. The summed E-state index contributed by atoms with van der Waals surface area (Å²) in [6.45, 7) is 0. The van der Waals surface area contributed by atoms with Crippen molar-refractivity contribution in [3.05, 3.63) is 59.7 Å². The average molecular weight is 350 g/mol. The standard InChI is InChI=1S/C15H8F6O3/c16-14(17,18)9-5-1-3-7-11(9)23-13(22)24-12-8-4-2-6-10(12)15(19,20)21/h1-8H. The molecule has 0 radical (unpaired) electrons. The summed E-state index contributed by atoms with van der Waals surface area (Å²) in [6.07, 6.45) is -11.3. The van der Waals surface area contributed by atoms with E-state index in [4.69, 9.17) is 0 Å². The monoisotopic (exact) mass is 350 g/mol. The first-order valence-electron chi connectivity index (χ1n) is 6.31. The molecule has 0 atom stereocenters. The molecule has 0 spiro atoms. The van der Waals surface area contributed by atoms with Crippen LogP contribution in [0.1, 0.15) is 11.1 Å². The SMILES string of the molecule is O=C(Oc1ccccc1C(F)(F)F)Oc1ccccc1C(F)(F)F. The van der Waals surface area contributed by atoms with Crippen LogP contribution < -0.4 is 9.47 Å². The topological polar surface area (TPSA) is 35.5 Å². The Bertz CT molecular complexity index is 675. The van der Waals surface area contributed by atoms with Crippen molar-refractivity contribution in [2.24, 2.45) is 0 Å². The van der Waals surface area contributed by atoms with E-state index in [1.807, 2.05) is 0 Å². The lowest BCUT2D eigenvalue weighted by Crippen LogP contribution is -2.19. The van der Waals surface area contributed by atoms with Gasteiger partial charge >= 0.3 is 18.5 Å². The Morgan fingerprint density at radius 1 is 0.667 bits per heavy atom. The van der Waals surface area contributed by atoms with Gasteiger partial charge in [0.1, 0.15) is 11.5 Å². The maximum Gasteiger partial charge on any atom is 0.519 e. The molecule has 0 saturated heterocycles. The molecule has 128 valence electrons. The molecule has 2 rings (SSSR count). The van der Waals surface area contributed by atoms with Crippen LogP contribution in [0.2, 0.25) is 0 Å². The van der Waals surface area contributed by atoms with Gasteiger partial charge in [0.15, 0.2) is 0 Å². The van der Waals surface area contributed by atoms with Crippen LogP contribution >= 0.6 is 0 Å². The third-order valence-electron chi connectivity index (χ3n) is 2.77. The maximum absolute atomic E-state index is 12.8. The first-order valence-corrected chi connectivity index (χ1v) is 6.31. The molecular weight excluding hydrogens is 342 g/mol. The van der Waals surface area contributed by atoms with Gasteiger partial charge in [0.2, 0.25) is 0 Å². The Labute approximate surface area is 131 Å². The zero-order valence-corrected chi connectivity index (χ0v) is 11.6. The number of alkyl halides is 6. The van der Waals surface area contributed by atoms with E-state index in [2.05, 4.69) is 9.47 Å². The van der Waals surface area contributed by atoms with Crippen molar-refractivity contribution in [3.8, 4) is 11.5 Å². The minimum Gasteiger partial charge on any atom is -0.394 e. The Hall–Kier alpha value is -2.71. The Kier molecular flexibility index (Phi) is 4.72. The third-order valence-corrected chi connectivity index (χ3v) is 2.77. The highest BCUT2D eigenvalue weighted by Gasteiger charge is 2.36. The molecular formula is C15H8F6O3. The molecule has 0 aliphatic rings. The van der Waals surface area contributed by atoms with Crippen molar-refractivity contribution >= 4 is 6.16 Å². The lowest BCUT2D eigenvalue weighted by molar-refractivity contribution is -0.138. The summed E-state index contributed by atoms with van der Waals surface area (Å²) in [6, 6.07) is 7.49. The molecule has 0 aliphatic heterocycles. The van der Waals surface area contributed by atoms with Crippen molar-refractivity contribution in [3.63, 3.8) is 0 Å². The fourth-order valence-electron chi connectivity index (χ4n) is 1.78. The summed E-state index contributed by atoms with van der Waals surface area (Å²) < 4.78 is 85.4. The molecule has 0 aromatic heterocycles. The number of ether oxygens (including phenoxy) is 2. The second-order valence-electron chi connectivity index (χ2n) is 4.44. The van der Waals surface area contributed by atoms with E-state index in [-0.39, 0.29) is 0 Å². The van der Waals surface area contributed by atoms with Crippen LogP contribution in [0.3, 0.4) is 0 Å². The number of hydrogen-bond acceptors (Lipinski definition) is 3. The Morgan fingerprint density at radius 3 is 1.33 bits per heavy atom. The van der Waals surface area contributed by atoms with E-state index in [0.717, 1.165) is 24.3 Å². The molecule has 0 saturated carbocycles. The van der Waals surface area contributed by atoms with Crippen LogP contribution in [0.25, 0.3) is 0 Å². The van der Waals surface area contributed by atoms with Crippen molar-refractivity contribution in [2.75, 3.05) is 0 Å².